The van der Waals surface area contributed by atoms with Crippen LogP contribution in [0.2, 0.25) is 0 Å². The average Bonchev–Trinajstić information content (AvgIpc) is 3.15. The first-order chi connectivity index (χ1) is 14.1. The van der Waals surface area contributed by atoms with Crippen molar-refractivity contribution in [3.05, 3.63) is 35.2 Å². The SMILES string of the molecule is CN(Cc1cc2ccccc2s1)C(=O)[C@@H]1CCC(=O)N(CCN2CCOCC2)C1. The number of morpholine rings is 1. The maximum Gasteiger partial charge on any atom is 0.227 e. The average molecular weight is 416 g/mol. The topological polar surface area (TPSA) is 53.1 Å². The molecule has 0 saturated carbocycles. The molecule has 2 aromatic rings. The molecule has 156 valence electrons. The maximum absolute atomic E-state index is 13.0. The summed E-state index contributed by atoms with van der Waals surface area (Å²) in [7, 11) is 1.88. The van der Waals surface area contributed by atoms with Gasteiger partial charge < -0.3 is 14.5 Å². The molecule has 29 heavy (non-hydrogen) atoms. The molecule has 0 bridgehead atoms. The summed E-state index contributed by atoms with van der Waals surface area (Å²) in [5.41, 5.74) is 0. The van der Waals surface area contributed by atoms with Crippen LogP contribution in [0.5, 0.6) is 0 Å². The Hall–Kier alpha value is -1.96. The minimum absolute atomic E-state index is 0.100. The van der Waals surface area contributed by atoms with E-state index in [4.69, 9.17) is 4.74 Å². The number of carbonyl (C=O) groups is 2. The van der Waals surface area contributed by atoms with Crippen LogP contribution in [0.3, 0.4) is 0 Å². The van der Waals surface area contributed by atoms with E-state index in [1.165, 1.54) is 15.0 Å². The Kier molecular flexibility index (Phi) is 6.47. The van der Waals surface area contributed by atoms with Crippen molar-refractivity contribution >= 4 is 33.2 Å². The lowest BCUT2D eigenvalue weighted by molar-refractivity contribution is -0.142. The van der Waals surface area contributed by atoms with Gasteiger partial charge in [-0.15, -0.1) is 11.3 Å². The Morgan fingerprint density at radius 1 is 1.24 bits per heavy atom. The van der Waals surface area contributed by atoms with Crippen LogP contribution in [-0.2, 0) is 20.9 Å². The number of nitrogens with zero attached hydrogens (tertiary/aromatic N) is 3. The first-order valence-electron chi connectivity index (χ1n) is 10.4. The van der Waals surface area contributed by atoms with E-state index in [-0.39, 0.29) is 17.7 Å². The zero-order valence-electron chi connectivity index (χ0n) is 17.0. The van der Waals surface area contributed by atoms with Gasteiger partial charge in [-0.25, -0.2) is 0 Å². The van der Waals surface area contributed by atoms with Gasteiger partial charge in [0, 0.05) is 55.8 Å². The fourth-order valence-corrected chi connectivity index (χ4v) is 5.28. The number of hydrogen-bond acceptors (Lipinski definition) is 5. The van der Waals surface area contributed by atoms with Gasteiger partial charge in [0.15, 0.2) is 0 Å². The predicted molar refractivity (Wildman–Crippen MR) is 115 cm³/mol. The lowest BCUT2D eigenvalue weighted by Gasteiger charge is -2.35. The normalized spacial score (nSPS) is 20.9. The van der Waals surface area contributed by atoms with Gasteiger partial charge in [-0.3, -0.25) is 14.5 Å². The molecule has 1 aromatic carbocycles. The minimum Gasteiger partial charge on any atom is -0.379 e. The Morgan fingerprint density at radius 2 is 2.03 bits per heavy atom. The quantitative estimate of drug-likeness (QED) is 0.727. The lowest BCUT2D eigenvalue weighted by Crippen LogP contribution is -2.49. The number of rotatable bonds is 6. The number of thiophene rings is 1. The van der Waals surface area contributed by atoms with E-state index in [1.54, 1.807) is 11.3 Å². The standard InChI is InChI=1S/C22H29N3O3S/c1-23(16-19-14-17-4-2-3-5-20(17)29-19)22(27)18-6-7-21(26)25(15-18)9-8-24-10-12-28-13-11-24/h2-5,14,18H,6-13,15-16H2,1H3/t18-/m1/s1. The van der Waals surface area contributed by atoms with Crippen LogP contribution >= 0.6 is 11.3 Å². The van der Waals surface area contributed by atoms with Crippen LogP contribution in [0.1, 0.15) is 17.7 Å². The van der Waals surface area contributed by atoms with Crippen molar-refractivity contribution in [2.45, 2.75) is 19.4 Å². The molecule has 1 atom stereocenters. The lowest BCUT2D eigenvalue weighted by atomic mass is 9.96. The largest absolute Gasteiger partial charge is 0.379 e. The monoisotopic (exact) mass is 415 g/mol. The maximum atomic E-state index is 13.0. The van der Waals surface area contributed by atoms with Gasteiger partial charge in [-0.1, -0.05) is 18.2 Å². The highest BCUT2D eigenvalue weighted by atomic mass is 32.1. The molecule has 6 nitrogen and oxygen atoms in total. The number of piperidine rings is 1. The molecule has 2 amide bonds. The van der Waals surface area contributed by atoms with E-state index in [0.717, 1.165) is 32.8 Å². The number of benzene rings is 1. The second-order valence-corrected chi connectivity index (χ2v) is 9.14. The highest BCUT2D eigenvalue weighted by Gasteiger charge is 2.32. The second kappa shape index (κ2) is 9.24. The van der Waals surface area contributed by atoms with E-state index < -0.39 is 0 Å². The molecule has 2 aliphatic heterocycles. The Bertz CT molecular complexity index is 829. The Morgan fingerprint density at radius 3 is 2.83 bits per heavy atom. The minimum atomic E-state index is -0.100. The molecule has 4 rings (SSSR count). The van der Waals surface area contributed by atoms with Crippen molar-refractivity contribution in [2.24, 2.45) is 5.92 Å². The smallest absolute Gasteiger partial charge is 0.227 e. The molecule has 0 aliphatic carbocycles. The first kappa shape index (κ1) is 20.3. The fourth-order valence-electron chi connectivity index (χ4n) is 4.16. The number of carbonyl (C=O) groups excluding carboxylic acids is 2. The fraction of sp³-hybridized carbons (Fsp3) is 0.545. The van der Waals surface area contributed by atoms with Crippen molar-refractivity contribution < 1.29 is 14.3 Å². The van der Waals surface area contributed by atoms with Crippen molar-refractivity contribution in [1.82, 2.24) is 14.7 Å². The van der Waals surface area contributed by atoms with Crippen molar-refractivity contribution in [3.63, 3.8) is 0 Å². The molecule has 0 N–H and O–H groups in total. The van der Waals surface area contributed by atoms with Crippen molar-refractivity contribution in [1.29, 1.82) is 0 Å². The number of ether oxygens (including phenoxy) is 1. The van der Waals surface area contributed by atoms with Gasteiger partial charge in [-0.05, 0) is 23.9 Å². The third kappa shape index (κ3) is 4.97. The number of fused-ring (bicyclic) bond motifs is 1. The number of likely N-dealkylation sites (tertiary alicyclic amines) is 1. The number of amides is 2. The Labute approximate surface area is 176 Å². The molecule has 0 spiro atoms. The molecular weight excluding hydrogens is 386 g/mol. The molecule has 0 unspecified atom stereocenters. The molecular formula is C22H29N3O3S. The molecule has 1 aromatic heterocycles. The summed E-state index contributed by atoms with van der Waals surface area (Å²) in [5.74, 6) is 0.220. The van der Waals surface area contributed by atoms with E-state index in [2.05, 4.69) is 23.1 Å². The summed E-state index contributed by atoms with van der Waals surface area (Å²) in [6, 6.07) is 10.5. The summed E-state index contributed by atoms with van der Waals surface area (Å²) >= 11 is 1.74. The summed E-state index contributed by atoms with van der Waals surface area (Å²) in [5, 5.41) is 1.23. The zero-order valence-corrected chi connectivity index (χ0v) is 17.8. The van der Waals surface area contributed by atoms with Gasteiger partial charge in [-0.2, -0.15) is 0 Å². The molecule has 3 heterocycles. The first-order valence-corrected chi connectivity index (χ1v) is 11.2. The number of hydrogen-bond donors (Lipinski definition) is 0. The summed E-state index contributed by atoms with van der Waals surface area (Å²) in [6.07, 6.45) is 1.12. The molecule has 2 aliphatic rings. The molecule has 2 saturated heterocycles. The zero-order chi connectivity index (χ0) is 20.2. The van der Waals surface area contributed by atoms with Crippen LogP contribution in [0.4, 0.5) is 0 Å². The van der Waals surface area contributed by atoms with Gasteiger partial charge in [0.2, 0.25) is 11.8 Å². The van der Waals surface area contributed by atoms with Crippen molar-refractivity contribution in [2.75, 3.05) is 53.0 Å². The summed E-state index contributed by atoms with van der Waals surface area (Å²) < 4.78 is 6.63. The predicted octanol–water partition coefficient (Wildman–Crippen LogP) is 2.43. The van der Waals surface area contributed by atoms with Crippen LogP contribution < -0.4 is 0 Å². The van der Waals surface area contributed by atoms with Gasteiger partial charge in [0.25, 0.3) is 0 Å². The summed E-state index contributed by atoms with van der Waals surface area (Å²) in [4.78, 5) is 32.6. The van der Waals surface area contributed by atoms with E-state index in [9.17, 15) is 9.59 Å². The molecule has 0 radical (unpaired) electrons. The van der Waals surface area contributed by atoms with Crippen LogP contribution in [0.25, 0.3) is 10.1 Å². The second-order valence-electron chi connectivity index (χ2n) is 7.97. The molecule has 7 heteroatoms. The van der Waals surface area contributed by atoms with Crippen LogP contribution in [0, 0.1) is 5.92 Å². The highest BCUT2D eigenvalue weighted by molar-refractivity contribution is 7.19. The van der Waals surface area contributed by atoms with E-state index in [1.807, 2.05) is 29.0 Å². The third-order valence-corrected chi connectivity index (χ3v) is 6.99. The van der Waals surface area contributed by atoms with Crippen LogP contribution in [0.15, 0.2) is 30.3 Å². The third-order valence-electron chi connectivity index (χ3n) is 5.89. The molecule has 2 fully saturated rings. The van der Waals surface area contributed by atoms with E-state index >= 15 is 0 Å². The van der Waals surface area contributed by atoms with Crippen LogP contribution in [-0.4, -0.2) is 79.5 Å². The van der Waals surface area contributed by atoms with Gasteiger partial charge >= 0.3 is 0 Å². The van der Waals surface area contributed by atoms with Gasteiger partial charge in [0.1, 0.15) is 0 Å². The van der Waals surface area contributed by atoms with E-state index in [0.29, 0.717) is 32.5 Å². The Balaban J connectivity index is 1.32. The van der Waals surface area contributed by atoms with Crippen molar-refractivity contribution in [3.8, 4) is 0 Å². The van der Waals surface area contributed by atoms with Gasteiger partial charge in [0.05, 0.1) is 25.7 Å². The summed E-state index contributed by atoms with van der Waals surface area (Å²) in [6.45, 7) is 6.07. The highest BCUT2D eigenvalue weighted by Crippen LogP contribution is 2.27.